The average Bonchev–Trinajstić information content (AvgIpc) is 3.00. The molecule has 0 saturated heterocycles. The number of nitriles is 1. The predicted octanol–water partition coefficient (Wildman–Crippen LogP) is 5.33. The van der Waals surface area contributed by atoms with Crippen LogP contribution in [0.3, 0.4) is 0 Å². The van der Waals surface area contributed by atoms with E-state index < -0.39 is 19.7 Å². The maximum atomic E-state index is 13.4. The average molecular weight is 421 g/mol. The molecule has 0 heterocycles. The summed E-state index contributed by atoms with van der Waals surface area (Å²) in [7, 11) is -1.85. The van der Waals surface area contributed by atoms with Gasteiger partial charge in [-0.15, -0.1) is 4.31 Å². The minimum absolute atomic E-state index is 0.0753. The van der Waals surface area contributed by atoms with Crippen molar-refractivity contribution in [2.75, 3.05) is 13.2 Å². The van der Waals surface area contributed by atoms with Crippen LogP contribution in [0.2, 0.25) is 18.1 Å². The lowest BCUT2D eigenvalue weighted by atomic mass is 10.0. The molecule has 4 nitrogen and oxygen atoms in total. The van der Waals surface area contributed by atoms with Gasteiger partial charge >= 0.3 is 0 Å². The summed E-state index contributed by atoms with van der Waals surface area (Å²) in [5.74, 6) is 0. The van der Waals surface area contributed by atoms with Gasteiger partial charge in [0.05, 0.1) is 30.8 Å². The first-order valence-electron chi connectivity index (χ1n) is 10.1. The molecule has 156 valence electrons. The topological polar surface area (TPSA) is 59.3 Å². The summed E-state index contributed by atoms with van der Waals surface area (Å²) in [4.78, 5) is 0. The first kappa shape index (κ1) is 23.4. The van der Waals surface area contributed by atoms with Crippen LogP contribution >= 0.6 is 0 Å². The summed E-state index contributed by atoms with van der Waals surface area (Å²) in [5.41, 5.74) is 3.03. The van der Waals surface area contributed by atoms with Gasteiger partial charge in [0.2, 0.25) is 0 Å². The molecule has 2 rings (SSSR count). The van der Waals surface area contributed by atoms with E-state index >= 15 is 0 Å². The van der Waals surface area contributed by atoms with Gasteiger partial charge in [-0.1, -0.05) is 32.9 Å². The molecule has 0 bridgehead atoms. The van der Waals surface area contributed by atoms with E-state index in [2.05, 4.69) is 50.3 Å². The molecule has 1 aromatic rings. The van der Waals surface area contributed by atoms with E-state index in [1.165, 1.54) is 0 Å². The van der Waals surface area contributed by atoms with Gasteiger partial charge in [-0.2, -0.15) is 5.26 Å². The monoisotopic (exact) mass is 420 g/mol. The van der Waals surface area contributed by atoms with Crippen molar-refractivity contribution in [1.29, 1.82) is 5.26 Å². The summed E-state index contributed by atoms with van der Waals surface area (Å²) in [6.45, 7) is 18.5. The molecule has 0 amide bonds. The lowest BCUT2D eigenvalue weighted by molar-refractivity contribution is 0.223. The van der Waals surface area contributed by atoms with Gasteiger partial charge in [0.1, 0.15) is 4.75 Å². The third kappa shape index (κ3) is 5.01. The molecule has 2 atom stereocenters. The molecular weight excluding hydrogens is 384 g/mol. The van der Waals surface area contributed by atoms with Gasteiger partial charge in [-0.05, 0) is 68.9 Å². The van der Waals surface area contributed by atoms with Crippen LogP contribution < -0.4 is 0 Å². The molecule has 0 fully saturated rings. The van der Waals surface area contributed by atoms with E-state index in [1.54, 1.807) is 0 Å². The first-order valence-corrected chi connectivity index (χ1v) is 14.2. The normalized spacial score (nSPS) is 18.8. The third-order valence-electron chi connectivity index (χ3n) is 6.02. The Hall–Kier alpha value is -0.843. The van der Waals surface area contributed by atoms with Crippen molar-refractivity contribution in [3.63, 3.8) is 0 Å². The van der Waals surface area contributed by atoms with Crippen LogP contribution in [0.4, 0.5) is 0 Å². The van der Waals surface area contributed by atoms with Crippen molar-refractivity contribution < 1.29 is 8.98 Å². The minimum atomic E-state index is -1.85. The quantitative estimate of drug-likeness (QED) is 0.461. The number of rotatable bonds is 6. The van der Waals surface area contributed by atoms with Crippen LogP contribution in [0.15, 0.2) is 18.2 Å². The number of nitrogens with zero attached hydrogens (tertiary/aromatic N) is 2. The van der Waals surface area contributed by atoms with Crippen LogP contribution in [0, 0.1) is 11.3 Å². The van der Waals surface area contributed by atoms with E-state index in [0.717, 1.165) is 29.5 Å². The molecular formula is C22H36N2O2SSi. The van der Waals surface area contributed by atoms with E-state index in [9.17, 15) is 9.81 Å². The molecule has 28 heavy (non-hydrogen) atoms. The highest BCUT2D eigenvalue weighted by Crippen LogP contribution is 2.41. The second-order valence-electron chi connectivity index (χ2n) is 10.2. The Labute approximate surface area is 175 Å². The molecule has 0 N–H and O–H groups in total. The number of fused-ring (bicyclic) bond motifs is 1. The zero-order valence-corrected chi connectivity index (χ0v) is 20.6. The van der Waals surface area contributed by atoms with Crippen molar-refractivity contribution in [1.82, 2.24) is 4.31 Å². The van der Waals surface area contributed by atoms with Crippen LogP contribution in [-0.4, -0.2) is 35.1 Å². The maximum Gasteiger partial charge on any atom is 0.192 e. The van der Waals surface area contributed by atoms with Gasteiger partial charge in [-0.25, -0.2) is 0 Å². The largest absolute Gasteiger partial charge is 0.597 e. The summed E-state index contributed by atoms with van der Waals surface area (Å²) < 4.78 is 21.6. The SMILES string of the molecule is CC(C)(C)[S@@+]([O-])N(CCO[Si](C)(C)C(C)(C)C)[C@H]1CCc2c(C#N)cccc21. The number of benzene rings is 1. The fourth-order valence-corrected chi connectivity index (χ4v) is 5.78. The first-order chi connectivity index (χ1) is 12.8. The molecule has 0 radical (unpaired) electrons. The van der Waals surface area contributed by atoms with E-state index in [0.29, 0.717) is 13.2 Å². The summed E-state index contributed by atoms with van der Waals surface area (Å²) in [5, 5.41) is 9.59. The molecule has 0 aromatic heterocycles. The van der Waals surface area contributed by atoms with E-state index in [-0.39, 0.29) is 15.8 Å². The summed E-state index contributed by atoms with van der Waals surface area (Å²) in [6, 6.07) is 8.31. The Morgan fingerprint density at radius 1 is 1.25 bits per heavy atom. The number of hydrogen-bond acceptors (Lipinski definition) is 4. The second-order valence-corrected chi connectivity index (χ2v) is 17.2. The lowest BCUT2D eigenvalue weighted by Gasteiger charge is -2.39. The van der Waals surface area contributed by atoms with Crippen molar-refractivity contribution in [3.05, 3.63) is 34.9 Å². The Balaban J connectivity index is 2.25. The van der Waals surface area contributed by atoms with Crippen LogP contribution in [0.1, 0.15) is 70.7 Å². The van der Waals surface area contributed by atoms with Gasteiger partial charge in [0, 0.05) is 11.4 Å². The molecule has 0 spiro atoms. The summed E-state index contributed by atoms with van der Waals surface area (Å²) in [6.07, 6.45) is 1.76. The molecule has 6 heteroatoms. The zero-order chi connectivity index (χ0) is 21.3. The Morgan fingerprint density at radius 2 is 1.89 bits per heavy atom. The fraction of sp³-hybridized carbons (Fsp3) is 0.682. The lowest BCUT2D eigenvalue weighted by Crippen LogP contribution is -2.48. The highest BCUT2D eigenvalue weighted by atomic mass is 32.2. The molecule has 0 aliphatic heterocycles. The van der Waals surface area contributed by atoms with E-state index in [1.807, 2.05) is 32.9 Å². The molecule has 0 saturated carbocycles. The van der Waals surface area contributed by atoms with E-state index in [4.69, 9.17) is 4.43 Å². The van der Waals surface area contributed by atoms with Crippen molar-refractivity contribution >= 4 is 19.7 Å². The summed E-state index contributed by atoms with van der Waals surface area (Å²) >= 11 is -1.14. The van der Waals surface area contributed by atoms with Crippen molar-refractivity contribution in [2.45, 2.75) is 83.3 Å². The van der Waals surface area contributed by atoms with Gasteiger partial charge < -0.3 is 8.98 Å². The Bertz CT molecular complexity index is 732. The van der Waals surface area contributed by atoms with Gasteiger partial charge in [-0.3, -0.25) is 0 Å². The van der Waals surface area contributed by atoms with Crippen LogP contribution in [0.25, 0.3) is 0 Å². The van der Waals surface area contributed by atoms with Crippen molar-refractivity contribution in [3.8, 4) is 6.07 Å². The Kier molecular flexibility index (Phi) is 7.11. The third-order valence-corrected chi connectivity index (χ3v) is 12.5. The molecule has 0 unspecified atom stereocenters. The molecule has 1 aromatic carbocycles. The molecule has 1 aliphatic rings. The number of hydrogen-bond donors (Lipinski definition) is 0. The predicted molar refractivity (Wildman–Crippen MR) is 120 cm³/mol. The van der Waals surface area contributed by atoms with Gasteiger partial charge in [0.25, 0.3) is 0 Å². The standard InChI is InChI=1S/C22H36N2O2SSi/c1-21(2,3)27(25)24(14-15-26-28(7,8)22(4,5)6)20-13-12-18-17(16-23)10-9-11-19(18)20/h9-11,20H,12-15H2,1-8H3/t20-,27+/m0/s1. The van der Waals surface area contributed by atoms with Crippen molar-refractivity contribution in [2.24, 2.45) is 0 Å². The van der Waals surface area contributed by atoms with Crippen LogP contribution in [0.5, 0.6) is 0 Å². The highest BCUT2D eigenvalue weighted by molar-refractivity contribution is 7.90. The second kappa shape index (κ2) is 8.49. The Morgan fingerprint density at radius 3 is 2.43 bits per heavy atom. The molecule has 1 aliphatic carbocycles. The smallest absolute Gasteiger partial charge is 0.192 e. The maximum absolute atomic E-state index is 13.4. The van der Waals surface area contributed by atoms with Gasteiger partial charge in [0.15, 0.2) is 8.32 Å². The van der Waals surface area contributed by atoms with Crippen LogP contribution in [-0.2, 0) is 22.2 Å². The zero-order valence-electron chi connectivity index (χ0n) is 18.8. The fourth-order valence-electron chi connectivity index (χ4n) is 3.35. The minimum Gasteiger partial charge on any atom is -0.597 e. The highest BCUT2D eigenvalue weighted by Gasteiger charge is 2.42.